The number of halogens is 2. The third kappa shape index (κ3) is 2.48. The number of aromatic carboxylic acids is 1. The van der Waals surface area contributed by atoms with Crippen LogP contribution in [0.25, 0.3) is 10.9 Å². The number of rotatable bonds is 3. The van der Waals surface area contributed by atoms with Gasteiger partial charge in [-0.2, -0.15) is 0 Å². The van der Waals surface area contributed by atoms with Gasteiger partial charge in [0.1, 0.15) is 5.69 Å². The summed E-state index contributed by atoms with van der Waals surface area (Å²) in [6.45, 7) is 0.398. The van der Waals surface area contributed by atoms with Crippen molar-refractivity contribution < 1.29 is 9.90 Å². The normalized spacial score (nSPS) is 11.0. The third-order valence-corrected chi connectivity index (χ3v) is 3.87. The first-order valence-electron chi connectivity index (χ1n) is 6.17. The van der Waals surface area contributed by atoms with Crippen LogP contribution in [0, 0.1) is 0 Å². The van der Waals surface area contributed by atoms with Crippen molar-refractivity contribution in [2.75, 3.05) is 0 Å². The van der Waals surface area contributed by atoms with E-state index in [1.54, 1.807) is 35.2 Å². The molecule has 0 bridgehead atoms. The predicted octanol–water partition coefficient (Wildman–Crippen LogP) is 4.09. The number of hydrogen-bond acceptors (Lipinski definition) is 2. The number of benzene rings is 1. The number of hydrogen-bond donors (Lipinski definition) is 1. The van der Waals surface area contributed by atoms with Crippen LogP contribution in [0.2, 0.25) is 10.0 Å². The topological polar surface area (TPSA) is 55.1 Å². The molecule has 106 valence electrons. The second-order valence-corrected chi connectivity index (χ2v) is 5.39. The highest BCUT2D eigenvalue weighted by atomic mass is 35.5. The predicted molar refractivity (Wildman–Crippen MR) is 82.3 cm³/mol. The molecule has 1 aromatic carbocycles. The van der Waals surface area contributed by atoms with Gasteiger partial charge in [0, 0.05) is 29.3 Å². The van der Waals surface area contributed by atoms with E-state index in [0.717, 1.165) is 11.1 Å². The van der Waals surface area contributed by atoms with Gasteiger partial charge in [-0.1, -0.05) is 23.2 Å². The summed E-state index contributed by atoms with van der Waals surface area (Å²) in [5, 5.41) is 10.8. The van der Waals surface area contributed by atoms with Crippen molar-refractivity contribution in [2.45, 2.75) is 6.54 Å². The van der Waals surface area contributed by atoms with Gasteiger partial charge in [0.2, 0.25) is 0 Å². The number of carbonyl (C=O) groups is 1. The summed E-state index contributed by atoms with van der Waals surface area (Å²) in [5.41, 5.74) is 1.74. The Kier molecular flexibility index (Phi) is 3.57. The molecule has 0 saturated carbocycles. The van der Waals surface area contributed by atoms with Crippen LogP contribution in [0.4, 0.5) is 0 Å². The number of nitrogens with zero attached hydrogens (tertiary/aromatic N) is 2. The Morgan fingerprint density at radius 1 is 1.19 bits per heavy atom. The Labute approximate surface area is 130 Å². The molecule has 2 aromatic heterocycles. The van der Waals surface area contributed by atoms with Gasteiger partial charge in [-0.25, -0.2) is 4.79 Å². The van der Waals surface area contributed by atoms with E-state index < -0.39 is 5.97 Å². The molecule has 2 heterocycles. The molecule has 3 aromatic rings. The average Bonchev–Trinajstić information content (AvgIpc) is 2.72. The molecule has 0 unspecified atom stereocenters. The monoisotopic (exact) mass is 320 g/mol. The Hall–Kier alpha value is -2.04. The number of aromatic nitrogens is 2. The maximum atomic E-state index is 11.5. The summed E-state index contributed by atoms with van der Waals surface area (Å²) >= 11 is 12.2. The smallest absolute Gasteiger partial charge is 0.354 e. The first kappa shape index (κ1) is 13.9. The van der Waals surface area contributed by atoms with Crippen LogP contribution in [-0.2, 0) is 6.54 Å². The van der Waals surface area contributed by atoms with Gasteiger partial charge >= 0.3 is 5.97 Å². The summed E-state index contributed by atoms with van der Waals surface area (Å²) in [5.74, 6) is -1.07. The van der Waals surface area contributed by atoms with Crippen molar-refractivity contribution in [1.29, 1.82) is 0 Å². The van der Waals surface area contributed by atoms with E-state index in [-0.39, 0.29) is 10.7 Å². The van der Waals surface area contributed by atoms with Gasteiger partial charge in [0.05, 0.1) is 10.5 Å². The summed E-state index contributed by atoms with van der Waals surface area (Å²) < 4.78 is 1.67. The van der Waals surface area contributed by atoms with Gasteiger partial charge in [0.15, 0.2) is 0 Å². The minimum absolute atomic E-state index is 0.0609. The van der Waals surface area contributed by atoms with Crippen molar-refractivity contribution in [3.8, 4) is 0 Å². The van der Waals surface area contributed by atoms with E-state index in [9.17, 15) is 9.90 Å². The zero-order valence-corrected chi connectivity index (χ0v) is 12.3. The zero-order valence-electron chi connectivity index (χ0n) is 10.8. The van der Waals surface area contributed by atoms with Crippen LogP contribution in [0.15, 0.2) is 42.7 Å². The molecule has 0 aliphatic carbocycles. The fourth-order valence-corrected chi connectivity index (χ4v) is 2.84. The highest BCUT2D eigenvalue weighted by molar-refractivity contribution is 6.39. The lowest BCUT2D eigenvalue weighted by Crippen LogP contribution is -2.09. The Morgan fingerprint density at radius 3 is 2.57 bits per heavy atom. The maximum absolute atomic E-state index is 11.5. The van der Waals surface area contributed by atoms with E-state index in [4.69, 9.17) is 23.2 Å². The molecule has 0 saturated heterocycles. The highest BCUT2D eigenvalue weighted by Gasteiger charge is 2.21. The van der Waals surface area contributed by atoms with Crippen molar-refractivity contribution >= 4 is 40.1 Å². The molecule has 0 aliphatic heterocycles. The quantitative estimate of drug-likeness (QED) is 0.790. The third-order valence-electron chi connectivity index (χ3n) is 3.26. The minimum Gasteiger partial charge on any atom is -0.477 e. The van der Waals surface area contributed by atoms with E-state index in [0.29, 0.717) is 17.0 Å². The van der Waals surface area contributed by atoms with Crippen LogP contribution in [0.3, 0.4) is 0 Å². The number of carboxylic acids is 1. The summed E-state index contributed by atoms with van der Waals surface area (Å²) in [7, 11) is 0. The van der Waals surface area contributed by atoms with Crippen molar-refractivity contribution in [1.82, 2.24) is 9.55 Å². The fourth-order valence-electron chi connectivity index (χ4n) is 2.33. The molecule has 0 fully saturated rings. The molecule has 0 atom stereocenters. The molecule has 4 nitrogen and oxygen atoms in total. The lowest BCUT2D eigenvalue weighted by Gasteiger charge is -2.08. The molecule has 1 N–H and O–H groups in total. The van der Waals surface area contributed by atoms with E-state index in [1.165, 1.54) is 0 Å². The molecule has 21 heavy (non-hydrogen) atoms. The average molecular weight is 321 g/mol. The minimum atomic E-state index is -1.07. The van der Waals surface area contributed by atoms with Gasteiger partial charge < -0.3 is 9.67 Å². The van der Waals surface area contributed by atoms with E-state index in [1.807, 2.05) is 12.1 Å². The SMILES string of the molecule is O=C(O)c1c(Cl)c2cc(Cl)ccc2n1Cc1ccncc1. The first-order valence-corrected chi connectivity index (χ1v) is 6.93. The fraction of sp³-hybridized carbons (Fsp3) is 0.0667. The lowest BCUT2D eigenvalue weighted by molar-refractivity contribution is 0.0686. The maximum Gasteiger partial charge on any atom is 0.354 e. The number of fused-ring (bicyclic) bond motifs is 1. The summed E-state index contributed by atoms with van der Waals surface area (Å²) in [6, 6.07) is 8.84. The van der Waals surface area contributed by atoms with Gasteiger partial charge in [-0.15, -0.1) is 0 Å². The van der Waals surface area contributed by atoms with Crippen LogP contribution >= 0.6 is 23.2 Å². The second-order valence-electron chi connectivity index (χ2n) is 4.57. The van der Waals surface area contributed by atoms with Gasteiger partial charge in [0.25, 0.3) is 0 Å². The molecule has 6 heteroatoms. The Balaban J connectivity index is 2.24. The second kappa shape index (κ2) is 5.39. The van der Waals surface area contributed by atoms with Crippen molar-refractivity contribution in [3.05, 3.63) is 64.0 Å². The number of pyridine rings is 1. The van der Waals surface area contributed by atoms with E-state index >= 15 is 0 Å². The molecule has 0 amide bonds. The molecule has 3 rings (SSSR count). The summed E-state index contributed by atoms with van der Waals surface area (Å²) in [6.07, 6.45) is 3.33. The Bertz CT molecular complexity index is 829. The summed E-state index contributed by atoms with van der Waals surface area (Å²) in [4.78, 5) is 15.5. The molecule has 0 spiro atoms. The van der Waals surface area contributed by atoms with Crippen LogP contribution in [-0.4, -0.2) is 20.6 Å². The molecular weight excluding hydrogens is 311 g/mol. The Morgan fingerprint density at radius 2 is 1.90 bits per heavy atom. The molecular formula is C15H10Cl2N2O2. The first-order chi connectivity index (χ1) is 10.1. The van der Waals surface area contributed by atoms with E-state index in [2.05, 4.69) is 4.98 Å². The van der Waals surface area contributed by atoms with Gasteiger partial charge in [-0.05, 0) is 35.9 Å². The van der Waals surface area contributed by atoms with Gasteiger partial charge in [-0.3, -0.25) is 4.98 Å². The molecule has 0 aliphatic rings. The van der Waals surface area contributed by atoms with Crippen LogP contribution in [0.5, 0.6) is 0 Å². The highest BCUT2D eigenvalue weighted by Crippen LogP contribution is 2.33. The van der Waals surface area contributed by atoms with Crippen molar-refractivity contribution in [2.24, 2.45) is 0 Å². The van der Waals surface area contributed by atoms with Crippen LogP contribution in [0.1, 0.15) is 16.1 Å². The molecule has 0 radical (unpaired) electrons. The lowest BCUT2D eigenvalue weighted by atomic mass is 10.2. The van der Waals surface area contributed by atoms with Crippen molar-refractivity contribution in [3.63, 3.8) is 0 Å². The van der Waals surface area contributed by atoms with Crippen LogP contribution < -0.4 is 0 Å². The number of carboxylic acid groups (broad SMARTS) is 1. The standard InChI is InChI=1S/C15H10Cl2N2O2/c16-10-1-2-12-11(7-10)13(17)14(15(20)21)19(12)8-9-3-5-18-6-4-9/h1-7H,8H2,(H,20,21). The zero-order chi connectivity index (χ0) is 15.0. The largest absolute Gasteiger partial charge is 0.477 e.